The number of hydrogen-bond acceptors (Lipinski definition) is 2. The molecule has 2 atom stereocenters. The first-order valence-electron chi connectivity index (χ1n) is 7.93. The zero-order valence-corrected chi connectivity index (χ0v) is 14.6. The molecule has 0 radical (unpaired) electrons. The largest absolute Gasteiger partial charge is 0.488 e. The molecule has 118 valence electrons. The summed E-state index contributed by atoms with van der Waals surface area (Å²) in [4.78, 5) is 0. The number of halogens is 2. The van der Waals surface area contributed by atoms with Gasteiger partial charge in [-0.05, 0) is 37.9 Å². The van der Waals surface area contributed by atoms with Crippen LogP contribution in [0.1, 0.15) is 46.5 Å². The minimum atomic E-state index is 0.195. The molecule has 1 aromatic rings. The van der Waals surface area contributed by atoms with E-state index in [-0.39, 0.29) is 11.5 Å². The van der Waals surface area contributed by atoms with Crippen molar-refractivity contribution in [1.29, 1.82) is 0 Å². The van der Waals surface area contributed by atoms with Crippen LogP contribution in [0.15, 0.2) is 18.2 Å². The zero-order valence-electron chi connectivity index (χ0n) is 13.1. The van der Waals surface area contributed by atoms with E-state index < -0.39 is 0 Å². The Hall–Kier alpha value is -0.440. The molecule has 0 aliphatic heterocycles. The Labute approximate surface area is 138 Å². The maximum absolute atomic E-state index is 6.25. The second-order valence-corrected chi connectivity index (χ2v) is 6.63. The lowest BCUT2D eigenvalue weighted by Gasteiger charge is -2.55. The third kappa shape index (κ3) is 3.18. The predicted molar refractivity (Wildman–Crippen MR) is 90.6 cm³/mol. The summed E-state index contributed by atoms with van der Waals surface area (Å²) in [6, 6.07) is 6.11. The van der Waals surface area contributed by atoms with Crippen LogP contribution in [-0.2, 0) is 0 Å². The van der Waals surface area contributed by atoms with E-state index in [9.17, 15) is 0 Å². The Kier molecular flexibility index (Phi) is 5.81. The van der Waals surface area contributed by atoms with Crippen molar-refractivity contribution in [3.8, 4) is 5.75 Å². The average molecular weight is 330 g/mol. The molecule has 2 unspecified atom stereocenters. The fourth-order valence-corrected chi connectivity index (χ4v) is 3.78. The first kappa shape index (κ1) is 16.9. The van der Waals surface area contributed by atoms with Crippen molar-refractivity contribution < 1.29 is 4.74 Å². The first-order chi connectivity index (χ1) is 10.1. The monoisotopic (exact) mass is 329 g/mol. The smallest absolute Gasteiger partial charge is 0.139 e. The highest BCUT2D eigenvalue weighted by molar-refractivity contribution is 6.42. The molecule has 4 heteroatoms. The molecule has 1 saturated carbocycles. The normalized spacial score (nSPS) is 23.7. The predicted octanol–water partition coefficient (Wildman–Crippen LogP) is 5.32. The van der Waals surface area contributed by atoms with Gasteiger partial charge in [-0.15, -0.1) is 0 Å². The van der Waals surface area contributed by atoms with Gasteiger partial charge in [0, 0.05) is 17.9 Å². The van der Waals surface area contributed by atoms with Crippen LogP contribution >= 0.6 is 23.2 Å². The summed E-state index contributed by atoms with van der Waals surface area (Å²) >= 11 is 12.3. The van der Waals surface area contributed by atoms with Crippen molar-refractivity contribution in [2.75, 3.05) is 6.54 Å². The van der Waals surface area contributed by atoms with Gasteiger partial charge in [-0.1, -0.05) is 50.0 Å². The molecule has 0 bridgehead atoms. The van der Waals surface area contributed by atoms with E-state index in [1.165, 1.54) is 0 Å². The van der Waals surface area contributed by atoms with E-state index in [2.05, 4.69) is 26.1 Å². The zero-order chi connectivity index (χ0) is 15.5. The van der Waals surface area contributed by atoms with Gasteiger partial charge in [-0.3, -0.25) is 0 Å². The Balaban J connectivity index is 2.11. The molecule has 1 aliphatic carbocycles. The first-order valence-corrected chi connectivity index (χ1v) is 8.68. The third-order valence-corrected chi connectivity index (χ3v) is 5.73. The van der Waals surface area contributed by atoms with Crippen LogP contribution in [0, 0.1) is 5.41 Å². The molecular formula is C17H25Cl2NO. The molecule has 0 saturated heterocycles. The molecule has 1 aliphatic rings. The topological polar surface area (TPSA) is 21.3 Å². The molecule has 0 amide bonds. The summed E-state index contributed by atoms with van der Waals surface area (Å²) in [5, 5.41) is 4.73. The van der Waals surface area contributed by atoms with Crippen LogP contribution in [-0.4, -0.2) is 18.7 Å². The van der Waals surface area contributed by atoms with E-state index >= 15 is 0 Å². The van der Waals surface area contributed by atoms with Gasteiger partial charge < -0.3 is 10.1 Å². The third-order valence-electron chi connectivity index (χ3n) is 4.93. The van der Waals surface area contributed by atoms with E-state index in [0.29, 0.717) is 21.8 Å². The fraction of sp³-hybridized carbons (Fsp3) is 0.647. The molecular weight excluding hydrogens is 305 g/mol. The highest BCUT2D eigenvalue weighted by Crippen LogP contribution is 2.49. The lowest BCUT2D eigenvalue weighted by Crippen LogP contribution is -2.64. The summed E-state index contributed by atoms with van der Waals surface area (Å²) in [7, 11) is 0. The molecule has 21 heavy (non-hydrogen) atoms. The van der Waals surface area contributed by atoms with E-state index in [0.717, 1.165) is 32.2 Å². The van der Waals surface area contributed by atoms with E-state index in [1.807, 2.05) is 12.1 Å². The SMILES string of the molecule is CCCNC1CC(Oc2cccc(Cl)c2Cl)C1(CC)CC. The van der Waals surface area contributed by atoms with Crippen LogP contribution in [0.2, 0.25) is 10.0 Å². The summed E-state index contributed by atoms with van der Waals surface area (Å²) < 4.78 is 6.21. The number of rotatable bonds is 7. The van der Waals surface area contributed by atoms with Crippen LogP contribution in [0.3, 0.4) is 0 Å². The van der Waals surface area contributed by atoms with Crippen LogP contribution < -0.4 is 10.1 Å². The Morgan fingerprint density at radius 3 is 2.57 bits per heavy atom. The second kappa shape index (κ2) is 7.21. The Morgan fingerprint density at radius 1 is 1.24 bits per heavy atom. The second-order valence-electron chi connectivity index (χ2n) is 5.84. The van der Waals surface area contributed by atoms with Crippen LogP contribution in [0.4, 0.5) is 0 Å². The fourth-order valence-electron chi connectivity index (χ4n) is 3.44. The van der Waals surface area contributed by atoms with Gasteiger partial charge in [0.2, 0.25) is 0 Å². The number of nitrogens with one attached hydrogen (secondary N) is 1. The van der Waals surface area contributed by atoms with E-state index in [1.54, 1.807) is 6.07 Å². The number of benzene rings is 1. The van der Waals surface area contributed by atoms with Gasteiger partial charge in [0.25, 0.3) is 0 Å². The Morgan fingerprint density at radius 2 is 1.95 bits per heavy atom. The highest BCUT2D eigenvalue weighted by Gasteiger charge is 2.54. The van der Waals surface area contributed by atoms with Gasteiger partial charge in [0.05, 0.1) is 5.02 Å². The summed E-state index contributed by atoms with van der Waals surface area (Å²) in [5.41, 5.74) is 0.195. The molecule has 2 rings (SSSR count). The van der Waals surface area contributed by atoms with Crippen molar-refractivity contribution in [2.24, 2.45) is 5.41 Å². The average Bonchev–Trinajstić information content (AvgIpc) is 2.47. The van der Waals surface area contributed by atoms with Gasteiger partial charge in [-0.25, -0.2) is 0 Å². The van der Waals surface area contributed by atoms with Crippen molar-refractivity contribution >= 4 is 23.2 Å². The van der Waals surface area contributed by atoms with Crippen molar-refractivity contribution in [3.63, 3.8) is 0 Å². The van der Waals surface area contributed by atoms with Gasteiger partial charge in [0.15, 0.2) is 0 Å². The van der Waals surface area contributed by atoms with Gasteiger partial charge in [0.1, 0.15) is 16.9 Å². The maximum atomic E-state index is 6.25. The molecule has 1 fully saturated rings. The van der Waals surface area contributed by atoms with Crippen LogP contribution in [0.25, 0.3) is 0 Å². The summed E-state index contributed by atoms with van der Waals surface area (Å²) in [5.74, 6) is 0.703. The molecule has 1 aromatic carbocycles. The molecule has 2 nitrogen and oxygen atoms in total. The lowest BCUT2D eigenvalue weighted by atomic mass is 9.58. The summed E-state index contributed by atoms with van der Waals surface area (Å²) in [6.07, 6.45) is 4.61. The number of hydrogen-bond donors (Lipinski definition) is 1. The van der Waals surface area contributed by atoms with Gasteiger partial charge >= 0.3 is 0 Å². The highest BCUT2D eigenvalue weighted by atomic mass is 35.5. The minimum absolute atomic E-state index is 0.195. The quantitative estimate of drug-likeness (QED) is 0.730. The summed E-state index contributed by atoms with van der Waals surface area (Å²) in [6.45, 7) is 7.76. The maximum Gasteiger partial charge on any atom is 0.139 e. The van der Waals surface area contributed by atoms with Crippen molar-refractivity contribution in [2.45, 2.75) is 58.6 Å². The Bertz CT molecular complexity index is 474. The van der Waals surface area contributed by atoms with E-state index in [4.69, 9.17) is 27.9 Å². The molecule has 1 N–H and O–H groups in total. The van der Waals surface area contributed by atoms with Crippen molar-refractivity contribution in [3.05, 3.63) is 28.2 Å². The number of ether oxygens (including phenoxy) is 1. The van der Waals surface area contributed by atoms with Gasteiger partial charge in [-0.2, -0.15) is 0 Å². The van der Waals surface area contributed by atoms with Crippen molar-refractivity contribution in [1.82, 2.24) is 5.32 Å². The van der Waals surface area contributed by atoms with Crippen LogP contribution in [0.5, 0.6) is 5.75 Å². The lowest BCUT2D eigenvalue weighted by molar-refractivity contribution is -0.0857. The molecule has 0 aromatic heterocycles. The standard InChI is InChI=1S/C17H25Cl2NO/c1-4-10-20-14-11-15(17(14,5-2)6-3)21-13-9-7-8-12(18)16(13)19/h7-9,14-15,20H,4-6,10-11H2,1-3H3. The molecule has 0 heterocycles. The molecule has 0 spiro atoms. The minimum Gasteiger partial charge on any atom is -0.488 e.